The zero-order valence-corrected chi connectivity index (χ0v) is 10.9. The average molecular weight is 279 g/mol. The summed E-state index contributed by atoms with van der Waals surface area (Å²) in [5, 5.41) is 4.53. The fourth-order valence-corrected chi connectivity index (χ4v) is 1.91. The number of carbonyl (C=O) groups excluding carboxylic acids is 3. The largest absolute Gasteiger partial charge is 0.326 e. The van der Waals surface area contributed by atoms with E-state index >= 15 is 0 Å². The van der Waals surface area contributed by atoms with Crippen LogP contribution in [0.5, 0.6) is 0 Å². The van der Waals surface area contributed by atoms with Gasteiger partial charge >= 0.3 is 6.03 Å². The molecule has 1 aromatic carbocycles. The molecule has 0 saturated carbocycles. The first kappa shape index (κ1) is 14.0. The van der Waals surface area contributed by atoms with Crippen molar-refractivity contribution in [1.29, 1.82) is 0 Å². The Bertz CT molecular complexity index is 544. The third kappa shape index (κ3) is 3.11. The molecule has 1 aliphatic heterocycles. The molecule has 7 heteroatoms. The zero-order valence-electron chi connectivity index (χ0n) is 10.9. The first-order valence-corrected chi connectivity index (χ1v) is 6.11. The number of benzene rings is 1. The Hall–Kier alpha value is -2.44. The minimum Gasteiger partial charge on any atom is -0.326 e. The van der Waals surface area contributed by atoms with Gasteiger partial charge in [0, 0.05) is 19.2 Å². The van der Waals surface area contributed by atoms with E-state index in [0.29, 0.717) is 5.69 Å². The quantitative estimate of drug-likeness (QED) is 0.799. The van der Waals surface area contributed by atoms with Crippen LogP contribution in [0.3, 0.4) is 0 Å². The Balaban J connectivity index is 1.90. The van der Waals surface area contributed by atoms with E-state index in [1.54, 1.807) is 7.05 Å². The van der Waals surface area contributed by atoms with E-state index in [9.17, 15) is 18.8 Å². The molecule has 4 amide bonds. The molecule has 0 bridgehead atoms. The van der Waals surface area contributed by atoms with E-state index in [0.717, 1.165) is 0 Å². The van der Waals surface area contributed by atoms with Crippen molar-refractivity contribution in [2.75, 3.05) is 11.9 Å². The Labute approximate surface area is 114 Å². The van der Waals surface area contributed by atoms with Crippen molar-refractivity contribution in [1.82, 2.24) is 10.6 Å². The molecule has 1 fully saturated rings. The van der Waals surface area contributed by atoms with Crippen LogP contribution >= 0.6 is 0 Å². The first-order valence-electron chi connectivity index (χ1n) is 6.11. The Kier molecular flexibility index (Phi) is 3.97. The van der Waals surface area contributed by atoms with Gasteiger partial charge in [0.1, 0.15) is 11.9 Å². The molecule has 0 unspecified atom stereocenters. The van der Waals surface area contributed by atoms with Crippen molar-refractivity contribution in [3.63, 3.8) is 0 Å². The summed E-state index contributed by atoms with van der Waals surface area (Å²) in [4.78, 5) is 35.6. The van der Waals surface area contributed by atoms with Crippen LogP contribution in [0.2, 0.25) is 0 Å². The van der Waals surface area contributed by atoms with Crippen LogP contribution in [-0.2, 0) is 9.59 Å². The third-order valence-corrected chi connectivity index (χ3v) is 3.09. The topological polar surface area (TPSA) is 78.5 Å². The summed E-state index contributed by atoms with van der Waals surface area (Å²) < 4.78 is 12.8. The fraction of sp³-hybridized carbons (Fsp3) is 0.308. The molecule has 2 N–H and O–H groups in total. The normalized spacial score (nSPS) is 17.6. The number of hydrogen-bond donors (Lipinski definition) is 2. The maximum absolute atomic E-state index is 12.8. The zero-order chi connectivity index (χ0) is 14.7. The van der Waals surface area contributed by atoms with Crippen molar-refractivity contribution in [2.24, 2.45) is 0 Å². The van der Waals surface area contributed by atoms with E-state index in [2.05, 4.69) is 10.6 Å². The van der Waals surface area contributed by atoms with Crippen LogP contribution in [0.4, 0.5) is 14.9 Å². The summed E-state index contributed by atoms with van der Waals surface area (Å²) >= 11 is 0. The number of nitrogens with one attached hydrogen (secondary N) is 2. The van der Waals surface area contributed by atoms with E-state index in [-0.39, 0.29) is 24.6 Å². The van der Waals surface area contributed by atoms with Crippen molar-refractivity contribution in [2.45, 2.75) is 18.9 Å². The lowest BCUT2D eigenvalue weighted by molar-refractivity contribution is -0.121. The standard InChI is InChI=1S/C13H14FN3O3/c1-17(9-4-2-8(14)3-5-9)11(18)7-6-10-12(19)16-13(20)15-10/h2-5,10H,6-7H2,1H3,(H2,15,16,19,20)/t10-/m0/s1. The minimum absolute atomic E-state index is 0.103. The summed E-state index contributed by atoms with van der Waals surface area (Å²) in [6, 6.07) is 4.31. The lowest BCUT2D eigenvalue weighted by atomic mass is 10.1. The van der Waals surface area contributed by atoms with Gasteiger partial charge in [0.2, 0.25) is 5.91 Å². The molecule has 20 heavy (non-hydrogen) atoms. The van der Waals surface area contributed by atoms with Crippen LogP contribution in [0.15, 0.2) is 24.3 Å². The number of halogens is 1. The third-order valence-electron chi connectivity index (χ3n) is 3.09. The molecule has 6 nitrogen and oxygen atoms in total. The smallest absolute Gasteiger partial charge is 0.322 e. The summed E-state index contributed by atoms with van der Waals surface area (Å²) in [6.45, 7) is 0. The average Bonchev–Trinajstić information content (AvgIpc) is 2.74. The van der Waals surface area contributed by atoms with Gasteiger partial charge in [0.15, 0.2) is 0 Å². The number of hydrogen-bond acceptors (Lipinski definition) is 3. The molecule has 1 atom stereocenters. The maximum atomic E-state index is 12.8. The van der Waals surface area contributed by atoms with E-state index < -0.39 is 18.0 Å². The molecule has 1 heterocycles. The predicted octanol–water partition coefficient (Wildman–Crippen LogP) is 0.777. The van der Waals surface area contributed by atoms with E-state index in [1.165, 1.54) is 29.2 Å². The van der Waals surface area contributed by atoms with Gasteiger partial charge in [-0.2, -0.15) is 0 Å². The van der Waals surface area contributed by atoms with Crippen LogP contribution in [0, 0.1) is 5.82 Å². The van der Waals surface area contributed by atoms with Crippen molar-refractivity contribution >= 4 is 23.5 Å². The highest BCUT2D eigenvalue weighted by molar-refractivity contribution is 6.04. The van der Waals surface area contributed by atoms with Crippen molar-refractivity contribution in [3.8, 4) is 0 Å². The number of nitrogens with zero attached hydrogens (tertiary/aromatic N) is 1. The Morgan fingerprint density at radius 2 is 1.95 bits per heavy atom. The number of imide groups is 1. The van der Waals surface area contributed by atoms with Gasteiger partial charge in [-0.05, 0) is 30.7 Å². The highest BCUT2D eigenvalue weighted by Crippen LogP contribution is 2.15. The first-order chi connectivity index (χ1) is 9.47. The van der Waals surface area contributed by atoms with E-state index in [1.807, 2.05) is 0 Å². The predicted molar refractivity (Wildman–Crippen MR) is 69.5 cm³/mol. The molecule has 0 spiro atoms. The van der Waals surface area contributed by atoms with Crippen LogP contribution in [0.25, 0.3) is 0 Å². The monoisotopic (exact) mass is 279 g/mol. The van der Waals surface area contributed by atoms with Gasteiger partial charge < -0.3 is 10.2 Å². The summed E-state index contributed by atoms with van der Waals surface area (Å²) in [5.41, 5.74) is 0.566. The van der Waals surface area contributed by atoms with Gasteiger partial charge in [-0.15, -0.1) is 0 Å². The Morgan fingerprint density at radius 3 is 2.50 bits per heavy atom. The summed E-state index contributed by atoms with van der Waals surface area (Å²) in [6.07, 6.45) is 0.328. The summed E-state index contributed by atoms with van der Waals surface area (Å²) in [7, 11) is 1.57. The molecule has 0 aromatic heterocycles. The molecule has 1 aromatic rings. The molecule has 106 valence electrons. The van der Waals surface area contributed by atoms with Gasteiger partial charge in [-0.1, -0.05) is 0 Å². The number of urea groups is 1. The lowest BCUT2D eigenvalue weighted by Gasteiger charge is -2.18. The van der Waals surface area contributed by atoms with Crippen molar-refractivity contribution in [3.05, 3.63) is 30.1 Å². The fourth-order valence-electron chi connectivity index (χ4n) is 1.91. The van der Waals surface area contributed by atoms with E-state index in [4.69, 9.17) is 0 Å². The molecule has 1 aliphatic rings. The second-order valence-corrected chi connectivity index (χ2v) is 4.48. The molecular formula is C13H14FN3O3. The molecule has 2 rings (SSSR count). The number of amides is 4. The maximum Gasteiger partial charge on any atom is 0.322 e. The second kappa shape index (κ2) is 5.68. The molecule has 0 radical (unpaired) electrons. The number of carbonyl (C=O) groups is 3. The number of anilines is 1. The molecular weight excluding hydrogens is 265 g/mol. The van der Waals surface area contributed by atoms with Gasteiger partial charge in [0.25, 0.3) is 5.91 Å². The highest BCUT2D eigenvalue weighted by Gasteiger charge is 2.29. The minimum atomic E-state index is -0.673. The van der Waals surface area contributed by atoms with Gasteiger partial charge in [-0.25, -0.2) is 9.18 Å². The van der Waals surface area contributed by atoms with Gasteiger partial charge in [0.05, 0.1) is 0 Å². The lowest BCUT2D eigenvalue weighted by Crippen LogP contribution is -2.32. The molecule has 0 aliphatic carbocycles. The Morgan fingerprint density at radius 1 is 1.30 bits per heavy atom. The number of rotatable bonds is 4. The van der Waals surface area contributed by atoms with Crippen LogP contribution in [-0.4, -0.2) is 30.9 Å². The van der Waals surface area contributed by atoms with Crippen LogP contribution in [0.1, 0.15) is 12.8 Å². The highest BCUT2D eigenvalue weighted by atomic mass is 19.1. The second-order valence-electron chi connectivity index (χ2n) is 4.48. The van der Waals surface area contributed by atoms with Crippen LogP contribution < -0.4 is 15.5 Å². The summed E-state index contributed by atoms with van der Waals surface area (Å²) in [5.74, 6) is -1.02. The van der Waals surface area contributed by atoms with Crippen molar-refractivity contribution < 1.29 is 18.8 Å². The SMILES string of the molecule is CN(C(=O)CC[C@@H]1NC(=O)NC1=O)c1ccc(F)cc1. The molecule has 1 saturated heterocycles. The van der Waals surface area contributed by atoms with Gasteiger partial charge in [-0.3, -0.25) is 14.9 Å².